The summed E-state index contributed by atoms with van der Waals surface area (Å²) in [4.78, 5) is 26.7. The van der Waals surface area contributed by atoms with Crippen LogP contribution in [-0.2, 0) is 16.1 Å². The average Bonchev–Trinajstić information content (AvgIpc) is 2.55. The Morgan fingerprint density at radius 1 is 1.13 bits per heavy atom. The molecule has 0 saturated heterocycles. The van der Waals surface area contributed by atoms with Crippen LogP contribution in [0.15, 0.2) is 24.3 Å². The Morgan fingerprint density at radius 3 is 2.30 bits per heavy atom. The number of benzene rings is 1. The Bertz CT molecular complexity index is 528. The fraction of sp³-hybridized carbons (Fsp3) is 0.579. The molecule has 0 unspecified atom stereocenters. The van der Waals surface area contributed by atoms with E-state index in [0.29, 0.717) is 19.4 Å². The largest absolute Gasteiger partial charge is 0.352 e. The molecule has 0 aliphatic carbocycles. The third-order valence-corrected chi connectivity index (χ3v) is 4.29. The van der Waals surface area contributed by atoms with Crippen LogP contribution in [0.3, 0.4) is 0 Å². The summed E-state index contributed by atoms with van der Waals surface area (Å²) in [7, 11) is 0. The van der Waals surface area contributed by atoms with E-state index >= 15 is 0 Å². The minimum atomic E-state index is -0.420. The molecule has 0 radical (unpaired) electrons. The number of aryl methyl sites for hydroxylation is 1. The van der Waals surface area contributed by atoms with Gasteiger partial charge in [0.15, 0.2) is 0 Å². The van der Waals surface area contributed by atoms with E-state index in [1.807, 2.05) is 58.9 Å². The van der Waals surface area contributed by atoms with E-state index in [0.717, 1.165) is 17.5 Å². The van der Waals surface area contributed by atoms with Crippen LogP contribution in [0, 0.1) is 6.92 Å². The van der Waals surface area contributed by atoms with Crippen LogP contribution in [0.1, 0.15) is 58.1 Å². The highest BCUT2D eigenvalue weighted by Gasteiger charge is 2.28. The standard InChI is InChI=1S/C19H30N2O2/c1-6-15(5)20-19(23)17(7-2)21(18(22)8-3)13-16-12-10-9-11-14(16)4/h9-12,15,17H,6-8,13H2,1-5H3,(H,20,23)/t15-,17-/m0/s1. The molecule has 128 valence electrons. The zero-order chi connectivity index (χ0) is 17.4. The number of nitrogens with one attached hydrogen (secondary N) is 1. The van der Waals surface area contributed by atoms with Crippen LogP contribution in [0.2, 0.25) is 0 Å². The minimum absolute atomic E-state index is 0.0133. The van der Waals surface area contributed by atoms with Crippen molar-refractivity contribution in [2.45, 2.75) is 72.5 Å². The van der Waals surface area contributed by atoms with Gasteiger partial charge in [-0.2, -0.15) is 0 Å². The van der Waals surface area contributed by atoms with Gasteiger partial charge < -0.3 is 10.2 Å². The van der Waals surface area contributed by atoms with Gasteiger partial charge in [-0.15, -0.1) is 0 Å². The summed E-state index contributed by atoms with van der Waals surface area (Å²) < 4.78 is 0. The van der Waals surface area contributed by atoms with Gasteiger partial charge in [-0.25, -0.2) is 0 Å². The quantitative estimate of drug-likeness (QED) is 0.798. The molecule has 2 atom stereocenters. The van der Waals surface area contributed by atoms with Crippen LogP contribution in [-0.4, -0.2) is 28.8 Å². The second-order valence-corrected chi connectivity index (χ2v) is 6.04. The van der Waals surface area contributed by atoms with Crippen LogP contribution in [0.25, 0.3) is 0 Å². The van der Waals surface area contributed by atoms with Gasteiger partial charge in [0.05, 0.1) is 0 Å². The number of carbonyl (C=O) groups is 2. The molecule has 0 heterocycles. The predicted molar refractivity (Wildman–Crippen MR) is 94.0 cm³/mol. The van der Waals surface area contributed by atoms with Gasteiger partial charge in [0.2, 0.25) is 11.8 Å². The fourth-order valence-electron chi connectivity index (χ4n) is 2.53. The summed E-state index contributed by atoms with van der Waals surface area (Å²) in [6.45, 7) is 10.3. The second kappa shape index (κ2) is 9.33. The Balaban J connectivity index is 3.01. The molecule has 4 nitrogen and oxygen atoms in total. The maximum Gasteiger partial charge on any atom is 0.243 e. The third-order valence-electron chi connectivity index (χ3n) is 4.29. The maximum absolute atomic E-state index is 12.6. The topological polar surface area (TPSA) is 49.4 Å². The summed E-state index contributed by atoms with van der Waals surface area (Å²) in [6.07, 6.45) is 1.89. The molecule has 1 aromatic carbocycles. The van der Waals surface area contributed by atoms with Crippen molar-refractivity contribution in [1.29, 1.82) is 0 Å². The highest BCUT2D eigenvalue weighted by Crippen LogP contribution is 2.16. The first-order valence-corrected chi connectivity index (χ1v) is 8.58. The van der Waals surface area contributed by atoms with E-state index in [2.05, 4.69) is 5.32 Å². The van der Waals surface area contributed by atoms with Crippen LogP contribution < -0.4 is 5.32 Å². The Hall–Kier alpha value is -1.84. The predicted octanol–water partition coefficient (Wildman–Crippen LogP) is 3.43. The Kier molecular flexibility index (Phi) is 7.79. The third kappa shape index (κ3) is 5.38. The minimum Gasteiger partial charge on any atom is -0.352 e. The van der Waals surface area contributed by atoms with Crippen molar-refractivity contribution in [1.82, 2.24) is 10.2 Å². The second-order valence-electron chi connectivity index (χ2n) is 6.04. The normalized spacial score (nSPS) is 13.3. The van der Waals surface area contributed by atoms with Crippen molar-refractivity contribution in [3.8, 4) is 0 Å². The monoisotopic (exact) mass is 318 g/mol. The number of hydrogen-bond acceptors (Lipinski definition) is 2. The lowest BCUT2D eigenvalue weighted by molar-refractivity contribution is -0.141. The molecule has 1 rings (SSSR count). The molecule has 0 fully saturated rings. The molecule has 0 bridgehead atoms. The summed E-state index contributed by atoms with van der Waals surface area (Å²) >= 11 is 0. The van der Waals surface area contributed by atoms with Crippen molar-refractivity contribution in [3.63, 3.8) is 0 Å². The number of nitrogens with zero attached hydrogens (tertiary/aromatic N) is 1. The van der Waals surface area contributed by atoms with Crippen molar-refractivity contribution in [2.24, 2.45) is 0 Å². The summed E-state index contributed by atoms with van der Waals surface area (Å²) in [5, 5.41) is 3.01. The van der Waals surface area contributed by atoms with Crippen LogP contribution in [0.5, 0.6) is 0 Å². The van der Waals surface area contributed by atoms with Gasteiger partial charge in [0.25, 0.3) is 0 Å². The lowest BCUT2D eigenvalue weighted by atomic mass is 10.1. The number of hydrogen-bond donors (Lipinski definition) is 1. The van der Waals surface area contributed by atoms with Gasteiger partial charge in [-0.1, -0.05) is 45.0 Å². The molecule has 23 heavy (non-hydrogen) atoms. The molecule has 1 aromatic rings. The van der Waals surface area contributed by atoms with E-state index in [1.54, 1.807) is 4.90 Å². The van der Waals surface area contributed by atoms with Gasteiger partial charge in [-0.3, -0.25) is 9.59 Å². The van der Waals surface area contributed by atoms with Gasteiger partial charge in [0.1, 0.15) is 6.04 Å². The van der Waals surface area contributed by atoms with Crippen molar-refractivity contribution >= 4 is 11.8 Å². The van der Waals surface area contributed by atoms with E-state index in [9.17, 15) is 9.59 Å². The number of rotatable bonds is 8. The highest BCUT2D eigenvalue weighted by atomic mass is 16.2. The van der Waals surface area contributed by atoms with E-state index < -0.39 is 6.04 Å². The van der Waals surface area contributed by atoms with Crippen molar-refractivity contribution in [3.05, 3.63) is 35.4 Å². The SMILES string of the molecule is CCC(=O)N(Cc1ccccc1C)[C@@H](CC)C(=O)N[C@@H](C)CC. The van der Waals surface area contributed by atoms with Gasteiger partial charge in [-0.05, 0) is 37.8 Å². The average molecular weight is 318 g/mol. The smallest absolute Gasteiger partial charge is 0.243 e. The molecule has 0 saturated carbocycles. The van der Waals surface area contributed by atoms with E-state index in [4.69, 9.17) is 0 Å². The molecule has 0 spiro atoms. The molecular formula is C19H30N2O2. The number of amides is 2. The van der Waals surface area contributed by atoms with E-state index in [1.165, 1.54) is 0 Å². The number of carbonyl (C=O) groups excluding carboxylic acids is 2. The first-order chi connectivity index (χ1) is 10.9. The van der Waals surface area contributed by atoms with Gasteiger partial charge in [0, 0.05) is 19.0 Å². The summed E-state index contributed by atoms with van der Waals surface area (Å²) in [5.41, 5.74) is 2.22. The van der Waals surface area contributed by atoms with E-state index in [-0.39, 0.29) is 17.9 Å². The van der Waals surface area contributed by atoms with Crippen LogP contribution in [0.4, 0.5) is 0 Å². The first kappa shape index (κ1) is 19.2. The zero-order valence-electron chi connectivity index (χ0n) is 15.1. The molecular weight excluding hydrogens is 288 g/mol. The molecule has 4 heteroatoms. The Morgan fingerprint density at radius 2 is 1.78 bits per heavy atom. The lowest BCUT2D eigenvalue weighted by Crippen LogP contribution is -2.50. The van der Waals surface area contributed by atoms with Crippen molar-refractivity contribution in [2.75, 3.05) is 0 Å². The molecule has 0 aliphatic heterocycles. The summed E-state index contributed by atoms with van der Waals surface area (Å²) in [5.74, 6) is -0.0448. The fourth-order valence-corrected chi connectivity index (χ4v) is 2.53. The summed E-state index contributed by atoms with van der Waals surface area (Å²) in [6, 6.07) is 7.70. The molecule has 0 aromatic heterocycles. The molecule has 0 aliphatic rings. The Labute approximate surface area is 140 Å². The van der Waals surface area contributed by atoms with Crippen LogP contribution >= 0.6 is 0 Å². The van der Waals surface area contributed by atoms with Crippen molar-refractivity contribution < 1.29 is 9.59 Å². The van der Waals surface area contributed by atoms with Gasteiger partial charge >= 0.3 is 0 Å². The molecule has 2 amide bonds. The maximum atomic E-state index is 12.6. The lowest BCUT2D eigenvalue weighted by Gasteiger charge is -2.31. The molecule has 1 N–H and O–H groups in total. The highest BCUT2D eigenvalue weighted by molar-refractivity contribution is 5.87. The zero-order valence-corrected chi connectivity index (χ0v) is 15.1. The first-order valence-electron chi connectivity index (χ1n) is 8.58.